The number of nitriles is 1. The molecule has 0 bridgehead atoms. The molecule has 37 heavy (non-hydrogen) atoms. The highest BCUT2D eigenvalue weighted by molar-refractivity contribution is 6.09. The van der Waals surface area contributed by atoms with E-state index in [1.165, 1.54) is 34.9 Å². The molecule has 5 rings (SSSR count). The van der Waals surface area contributed by atoms with Gasteiger partial charge in [-0.05, 0) is 56.3 Å². The first-order valence-electron chi connectivity index (χ1n) is 10.8. The smallest absolute Gasteiger partial charge is 0.309 e. The second-order valence-corrected chi connectivity index (χ2v) is 8.39. The second kappa shape index (κ2) is 8.30. The van der Waals surface area contributed by atoms with Gasteiger partial charge in [0, 0.05) is 22.0 Å². The van der Waals surface area contributed by atoms with Crippen molar-refractivity contribution in [1.82, 2.24) is 19.5 Å². The van der Waals surface area contributed by atoms with Crippen molar-refractivity contribution in [2.45, 2.75) is 26.2 Å². The van der Waals surface area contributed by atoms with Crippen LogP contribution in [0, 0.1) is 25.2 Å². The molecule has 0 atom stereocenters. The summed E-state index contributed by atoms with van der Waals surface area (Å²) in [6.07, 6.45) is -9.33. The standard InChI is InChI=1S/C26H15F6N5/c1-13-34-14(2)36-24(35-13)19-8-5-18(9-15(19)12-33)37-22-10-16(25(27,28)29)3-6-20(22)21-7-4-17(11-23(21)37)26(30,31)32/h3-11H,1-2H3. The van der Waals surface area contributed by atoms with Gasteiger partial charge in [-0.1, -0.05) is 12.1 Å². The number of nitrogens with zero attached hydrogens (tertiary/aromatic N) is 5. The van der Waals surface area contributed by atoms with Crippen molar-refractivity contribution in [3.05, 3.63) is 82.9 Å². The molecule has 0 radical (unpaired) electrons. The van der Waals surface area contributed by atoms with Crippen molar-refractivity contribution < 1.29 is 26.3 Å². The summed E-state index contributed by atoms with van der Waals surface area (Å²) in [5.41, 5.74) is -1.15. The van der Waals surface area contributed by atoms with Crippen LogP contribution >= 0.6 is 0 Å². The third-order valence-electron chi connectivity index (χ3n) is 5.90. The van der Waals surface area contributed by atoms with Crippen LogP contribution in [-0.4, -0.2) is 19.5 Å². The SMILES string of the molecule is Cc1nc(C)nc(-c2ccc(-n3c4cc(C(F)(F)F)ccc4c4ccc(C(F)(F)F)cc43)cc2C#N)n1. The quantitative estimate of drug-likeness (QED) is 0.236. The number of hydrogen-bond acceptors (Lipinski definition) is 4. The number of aryl methyl sites for hydroxylation is 2. The first-order valence-corrected chi connectivity index (χ1v) is 10.8. The predicted octanol–water partition coefficient (Wildman–Crippen LogP) is 7.16. The molecule has 0 spiro atoms. The first-order chi connectivity index (χ1) is 17.4. The maximum absolute atomic E-state index is 13.5. The molecule has 0 unspecified atom stereocenters. The Bertz CT molecular complexity index is 1650. The zero-order valence-electron chi connectivity index (χ0n) is 19.2. The number of fused-ring (bicyclic) bond motifs is 3. The van der Waals surface area contributed by atoms with Crippen molar-refractivity contribution >= 4 is 21.8 Å². The maximum atomic E-state index is 13.5. The molecule has 0 aliphatic heterocycles. The first kappa shape index (κ1) is 24.2. The Morgan fingerprint density at radius 2 is 1.22 bits per heavy atom. The maximum Gasteiger partial charge on any atom is 0.416 e. The normalized spacial score (nSPS) is 12.3. The van der Waals surface area contributed by atoms with Gasteiger partial charge in [-0.25, -0.2) is 15.0 Å². The molecule has 2 heterocycles. The van der Waals surface area contributed by atoms with Crippen LogP contribution in [0.25, 0.3) is 38.9 Å². The highest BCUT2D eigenvalue weighted by atomic mass is 19.4. The molecule has 0 saturated carbocycles. The number of halogens is 6. The highest BCUT2D eigenvalue weighted by Gasteiger charge is 2.33. The van der Waals surface area contributed by atoms with Gasteiger partial charge in [0.1, 0.15) is 11.6 Å². The number of rotatable bonds is 2. The van der Waals surface area contributed by atoms with E-state index in [4.69, 9.17) is 0 Å². The van der Waals surface area contributed by atoms with Crippen LogP contribution in [0.5, 0.6) is 0 Å². The van der Waals surface area contributed by atoms with Gasteiger partial charge in [-0.3, -0.25) is 0 Å². The van der Waals surface area contributed by atoms with E-state index in [1.807, 2.05) is 6.07 Å². The Hall–Kier alpha value is -4.46. The van der Waals surface area contributed by atoms with Crippen molar-refractivity contribution in [1.29, 1.82) is 5.26 Å². The molecule has 2 aromatic heterocycles. The molecule has 0 aliphatic carbocycles. The van der Waals surface area contributed by atoms with E-state index < -0.39 is 23.5 Å². The number of aromatic nitrogens is 4. The zero-order chi connectivity index (χ0) is 26.7. The average molecular weight is 511 g/mol. The lowest BCUT2D eigenvalue weighted by Gasteiger charge is -2.13. The Morgan fingerprint density at radius 1 is 0.703 bits per heavy atom. The minimum absolute atomic E-state index is 0.0487. The van der Waals surface area contributed by atoms with E-state index in [2.05, 4.69) is 15.0 Å². The van der Waals surface area contributed by atoms with Gasteiger partial charge in [-0.2, -0.15) is 31.6 Å². The second-order valence-electron chi connectivity index (χ2n) is 8.39. The van der Waals surface area contributed by atoms with E-state index in [0.29, 0.717) is 28.0 Å². The monoisotopic (exact) mass is 511 g/mol. The molecule has 0 amide bonds. The molecule has 3 aromatic carbocycles. The van der Waals surface area contributed by atoms with Crippen molar-refractivity contribution in [3.8, 4) is 23.1 Å². The largest absolute Gasteiger partial charge is 0.416 e. The molecule has 11 heteroatoms. The van der Waals surface area contributed by atoms with Gasteiger partial charge in [0.2, 0.25) is 0 Å². The summed E-state index contributed by atoms with van der Waals surface area (Å²) in [7, 11) is 0. The number of alkyl halides is 6. The minimum atomic E-state index is -4.66. The van der Waals surface area contributed by atoms with Gasteiger partial charge in [0.25, 0.3) is 0 Å². The van der Waals surface area contributed by atoms with Crippen LogP contribution < -0.4 is 0 Å². The molecule has 0 N–H and O–H groups in total. The molecular formula is C26H15F6N5. The summed E-state index contributed by atoms with van der Waals surface area (Å²) in [5, 5.41) is 10.5. The van der Waals surface area contributed by atoms with E-state index in [9.17, 15) is 31.6 Å². The van der Waals surface area contributed by atoms with Crippen molar-refractivity contribution in [2.24, 2.45) is 0 Å². The summed E-state index contributed by atoms with van der Waals surface area (Å²) in [6.45, 7) is 3.32. The van der Waals surface area contributed by atoms with E-state index >= 15 is 0 Å². The van der Waals surface area contributed by atoms with Gasteiger partial charge in [-0.15, -0.1) is 0 Å². The summed E-state index contributed by atoms with van der Waals surface area (Å²) >= 11 is 0. The van der Waals surface area contributed by atoms with Crippen molar-refractivity contribution in [2.75, 3.05) is 0 Å². The molecule has 5 nitrogen and oxygen atoms in total. The van der Waals surface area contributed by atoms with Crippen LogP contribution in [0.3, 0.4) is 0 Å². The fraction of sp³-hybridized carbons (Fsp3) is 0.154. The van der Waals surface area contributed by atoms with Gasteiger partial charge in [0.15, 0.2) is 5.82 Å². The van der Waals surface area contributed by atoms with Gasteiger partial charge >= 0.3 is 12.4 Å². The van der Waals surface area contributed by atoms with Crippen LogP contribution in [0.2, 0.25) is 0 Å². The number of hydrogen-bond donors (Lipinski definition) is 0. The zero-order valence-corrected chi connectivity index (χ0v) is 19.2. The minimum Gasteiger partial charge on any atom is -0.309 e. The topological polar surface area (TPSA) is 67.4 Å². The molecular weight excluding hydrogens is 496 g/mol. The van der Waals surface area contributed by atoms with Crippen molar-refractivity contribution in [3.63, 3.8) is 0 Å². The van der Waals surface area contributed by atoms with Crippen LogP contribution in [0.15, 0.2) is 54.6 Å². The molecule has 0 aliphatic rings. The Morgan fingerprint density at radius 3 is 1.68 bits per heavy atom. The van der Waals surface area contributed by atoms with Crippen LogP contribution in [-0.2, 0) is 12.4 Å². The van der Waals surface area contributed by atoms with E-state index in [-0.39, 0.29) is 28.1 Å². The van der Waals surface area contributed by atoms with Gasteiger partial charge < -0.3 is 4.57 Å². The molecule has 0 fully saturated rings. The fourth-order valence-corrected chi connectivity index (χ4v) is 4.34. The Balaban J connectivity index is 1.83. The number of benzene rings is 3. The molecule has 186 valence electrons. The lowest BCUT2D eigenvalue weighted by atomic mass is 10.1. The Labute approximate surface area is 205 Å². The lowest BCUT2D eigenvalue weighted by Crippen LogP contribution is -2.06. The van der Waals surface area contributed by atoms with Gasteiger partial charge in [0.05, 0.1) is 33.8 Å². The van der Waals surface area contributed by atoms with Crippen LogP contribution in [0.1, 0.15) is 28.3 Å². The van der Waals surface area contributed by atoms with Crippen LogP contribution in [0.4, 0.5) is 26.3 Å². The average Bonchev–Trinajstić information content (AvgIpc) is 3.15. The summed E-state index contributed by atoms with van der Waals surface area (Å²) in [4.78, 5) is 12.6. The van der Waals surface area contributed by atoms with E-state index in [1.54, 1.807) is 13.8 Å². The third-order valence-corrected chi connectivity index (χ3v) is 5.90. The Kier molecular flexibility index (Phi) is 5.44. The molecule has 5 aromatic rings. The fourth-order valence-electron chi connectivity index (χ4n) is 4.34. The summed E-state index contributed by atoms with van der Waals surface area (Å²) in [6, 6.07) is 12.5. The summed E-state index contributed by atoms with van der Waals surface area (Å²) < 4.78 is 82.5. The highest BCUT2D eigenvalue weighted by Crippen LogP contribution is 2.40. The third kappa shape index (κ3) is 4.24. The van der Waals surface area contributed by atoms with E-state index in [0.717, 1.165) is 24.3 Å². The summed E-state index contributed by atoms with van der Waals surface area (Å²) in [5.74, 6) is 1.09. The lowest BCUT2D eigenvalue weighted by molar-refractivity contribution is -0.138. The predicted molar refractivity (Wildman–Crippen MR) is 124 cm³/mol. The molecule has 0 saturated heterocycles.